The van der Waals surface area contributed by atoms with E-state index in [0.717, 1.165) is 25.9 Å². The Hall–Kier alpha value is -1.85. The highest BCUT2D eigenvalue weighted by atomic mass is 16.4. The highest BCUT2D eigenvalue weighted by molar-refractivity contribution is 5.88. The highest BCUT2D eigenvalue weighted by Crippen LogP contribution is 2.28. The Morgan fingerprint density at radius 1 is 1.12 bits per heavy atom. The number of nitrogens with zero attached hydrogens (tertiary/aromatic N) is 3. The third-order valence-corrected chi connectivity index (χ3v) is 5.88. The Morgan fingerprint density at radius 3 is 2.32 bits per heavy atom. The topological polar surface area (TPSA) is 75.4 Å². The fourth-order valence-corrected chi connectivity index (χ4v) is 4.31. The van der Waals surface area contributed by atoms with Crippen LogP contribution in [0.15, 0.2) is 6.20 Å². The summed E-state index contributed by atoms with van der Waals surface area (Å²) in [5, 5.41) is 13.4. The molecule has 2 aliphatic rings. The van der Waals surface area contributed by atoms with Crippen LogP contribution in [0.3, 0.4) is 0 Å². The Morgan fingerprint density at radius 2 is 1.76 bits per heavy atom. The molecule has 6 nitrogen and oxygen atoms in total. The lowest BCUT2D eigenvalue weighted by Crippen LogP contribution is -2.40. The molecule has 1 saturated carbocycles. The second-order valence-corrected chi connectivity index (χ2v) is 7.57. The minimum absolute atomic E-state index is 0.190. The second-order valence-electron chi connectivity index (χ2n) is 7.57. The lowest BCUT2D eigenvalue weighted by atomic mass is 9.95. The number of amides is 1. The maximum Gasteiger partial charge on any atom is 0.339 e. The van der Waals surface area contributed by atoms with Crippen LogP contribution in [-0.4, -0.2) is 44.8 Å². The SMILES string of the molecule is Cc1c(C(=O)O)cnn1C1CCN(C(=O)CC2CCCCCC2)CC1. The van der Waals surface area contributed by atoms with Gasteiger partial charge in [-0.25, -0.2) is 4.79 Å². The maximum atomic E-state index is 12.6. The number of aromatic nitrogens is 2. The van der Waals surface area contributed by atoms with Crippen LogP contribution in [-0.2, 0) is 4.79 Å². The van der Waals surface area contributed by atoms with Crippen LogP contribution in [0, 0.1) is 12.8 Å². The highest BCUT2D eigenvalue weighted by Gasteiger charge is 2.27. The molecular formula is C19H29N3O3. The fraction of sp³-hybridized carbons (Fsp3) is 0.737. The summed E-state index contributed by atoms with van der Waals surface area (Å²) in [6, 6.07) is 0.190. The number of hydrogen-bond donors (Lipinski definition) is 1. The van der Waals surface area contributed by atoms with Crippen LogP contribution < -0.4 is 0 Å². The van der Waals surface area contributed by atoms with Gasteiger partial charge in [-0.2, -0.15) is 5.10 Å². The van der Waals surface area contributed by atoms with Crippen LogP contribution >= 0.6 is 0 Å². The van der Waals surface area contributed by atoms with Gasteiger partial charge >= 0.3 is 5.97 Å². The van der Waals surface area contributed by atoms with Gasteiger partial charge in [-0.05, 0) is 38.5 Å². The van der Waals surface area contributed by atoms with E-state index in [9.17, 15) is 9.59 Å². The van der Waals surface area contributed by atoms with Gasteiger partial charge in [-0.3, -0.25) is 9.48 Å². The molecule has 0 unspecified atom stereocenters. The third kappa shape index (κ3) is 4.22. The second kappa shape index (κ2) is 8.02. The molecule has 1 N–H and O–H groups in total. The van der Waals surface area contributed by atoms with E-state index in [1.54, 1.807) is 6.92 Å². The minimum Gasteiger partial charge on any atom is -0.478 e. The lowest BCUT2D eigenvalue weighted by Gasteiger charge is -2.33. The number of carboxylic acids is 1. The van der Waals surface area contributed by atoms with Crippen molar-refractivity contribution in [1.29, 1.82) is 0 Å². The first-order chi connectivity index (χ1) is 12.1. The van der Waals surface area contributed by atoms with Crippen LogP contribution in [0.1, 0.15) is 79.9 Å². The molecule has 1 amide bonds. The van der Waals surface area contributed by atoms with E-state index in [2.05, 4.69) is 5.10 Å². The zero-order chi connectivity index (χ0) is 17.8. The Kier molecular flexibility index (Phi) is 5.76. The van der Waals surface area contributed by atoms with E-state index >= 15 is 0 Å². The molecule has 0 radical (unpaired) electrons. The molecule has 3 rings (SSSR count). The number of carbonyl (C=O) groups is 2. The minimum atomic E-state index is -0.931. The average Bonchev–Trinajstić information content (AvgIpc) is 2.81. The number of aromatic carboxylic acids is 1. The van der Waals surface area contributed by atoms with Gasteiger partial charge < -0.3 is 10.0 Å². The average molecular weight is 347 g/mol. The van der Waals surface area contributed by atoms with Gasteiger partial charge in [0.05, 0.1) is 17.9 Å². The summed E-state index contributed by atoms with van der Waals surface area (Å²) < 4.78 is 1.83. The van der Waals surface area contributed by atoms with Gasteiger partial charge in [-0.15, -0.1) is 0 Å². The largest absolute Gasteiger partial charge is 0.478 e. The standard InChI is InChI=1S/C19H29N3O3/c1-14-17(19(24)25)13-20-22(14)16-8-10-21(11-9-16)18(23)12-15-6-4-2-3-5-7-15/h13,15-16H,2-12H2,1H3,(H,24,25). The van der Waals surface area contributed by atoms with E-state index in [4.69, 9.17) is 5.11 Å². The first-order valence-electron chi connectivity index (χ1n) is 9.61. The summed E-state index contributed by atoms with van der Waals surface area (Å²) in [4.78, 5) is 25.8. The van der Waals surface area contributed by atoms with E-state index < -0.39 is 5.97 Å². The van der Waals surface area contributed by atoms with Crippen molar-refractivity contribution in [3.05, 3.63) is 17.5 Å². The monoisotopic (exact) mass is 347 g/mol. The molecule has 0 spiro atoms. The van der Waals surface area contributed by atoms with Gasteiger partial charge in [0.2, 0.25) is 5.91 Å². The smallest absolute Gasteiger partial charge is 0.339 e. The molecule has 1 aromatic heterocycles. The molecule has 1 aliphatic carbocycles. The van der Waals surface area contributed by atoms with Crippen LogP contribution in [0.2, 0.25) is 0 Å². The summed E-state index contributed by atoms with van der Waals surface area (Å²) in [6.45, 7) is 3.30. The van der Waals surface area contributed by atoms with E-state index in [0.29, 0.717) is 23.9 Å². The molecule has 25 heavy (non-hydrogen) atoms. The van der Waals surface area contributed by atoms with Gasteiger partial charge in [0.25, 0.3) is 0 Å². The first kappa shape index (κ1) is 18.0. The number of piperidine rings is 1. The Balaban J connectivity index is 1.53. The quantitative estimate of drug-likeness (QED) is 0.847. The van der Waals surface area contributed by atoms with Crippen LogP contribution in [0.5, 0.6) is 0 Å². The molecule has 1 aliphatic heterocycles. The van der Waals surface area contributed by atoms with Crippen molar-refractivity contribution in [2.75, 3.05) is 13.1 Å². The number of rotatable bonds is 4. The van der Waals surface area contributed by atoms with Crippen LogP contribution in [0.25, 0.3) is 0 Å². The summed E-state index contributed by atoms with van der Waals surface area (Å²) in [7, 11) is 0. The number of carboxylic acid groups (broad SMARTS) is 1. The number of likely N-dealkylation sites (tertiary alicyclic amines) is 1. The molecule has 0 atom stereocenters. The molecule has 1 saturated heterocycles. The van der Waals surface area contributed by atoms with Crippen molar-refractivity contribution in [3.8, 4) is 0 Å². The Labute approximate surface area is 149 Å². The van der Waals surface area contributed by atoms with Crippen molar-refractivity contribution < 1.29 is 14.7 Å². The third-order valence-electron chi connectivity index (χ3n) is 5.88. The lowest BCUT2D eigenvalue weighted by molar-refractivity contribution is -0.133. The van der Waals surface area contributed by atoms with Crippen molar-refractivity contribution in [2.24, 2.45) is 5.92 Å². The van der Waals surface area contributed by atoms with Crippen molar-refractivity contribution in [3.63, 3.8) is 0 Å². The van der Waals surface area contributed by atoms with Gasteiger partial charge in [0.15, 0.2) is 0 Å². The summed E-state index contributed by atoms with van der Waals surface area (Å²) >= 11 is 0. The zero-order valence-electron chi connectivity index (χ0n) is 15.1. The zero-order valence-corrected chi connectivity index (χ0v) is 15.1. The summed E-state index contributed by atoms with van der Waals surface area (Å²) in [6.07, 6.45) is 11.4. The van der Waals surface area contributed by atoms with Crippen molar-refractivity contribution >= 4 is 11.9 Å². The molecule has 2 heterocycles. The summed E-state index contributed by atoms with van der Waals surface area (Å²) in [5.41, 5.74) is 0.975. The van der Waals surface area contributed by atoms with E-state index in [-0.39, 0.29) is 11.6 Å². The number of carbonyl (C=O) groups excluding carboxylic acids is 1. The molecular weight excluding hydrogens is 318 g/mol. The maximum absolute atomic E-state index is 12.6. The molecule has 0 aromatic carbocycles. The van der Waals surface area contributed by atoms with Gasteiger partial charge in [0.1, 0.15) is 5.56 Å². The van der Waals surface area contributed by atoms with Crippen molar-refractivity contribution in [1.82, 2.24) is 14.7 Å². The molecule has 6 heteroatoms. The number of hydrogen-bond acceptors (Lipinski definition) is 3. The normalized spacial score (nSPS) is 20.4. The fourth-order valence-electron chi connectivity index (χ4n) is 4.31. The summed E-state index contributed by atoms with van der Waals surface area (Å²) in [5.74, 6) is -0.0623. The van der Waals surface area contributed by atoms with Crippen molar-refractivity contribution in [2.45, 2.75) is 70.8 Å². The molecule has 1 aromatic rings. The van der Waals surface area contributed by atoms with Gasteiger partial charge in [0, 0.05) is 19.5 Å². The predicted octanol–water partition coefficient (Wildman–Crippen LogP) is 3.41. The Bertz CT molecular complexity index is 609. The van der Waals surface area contributed by atoms with E-state index in [1.807, 2.05) is 9.58 Å². The van der Waals surface area contributed by atoms with E-state index in [1.165, 1.54) is 44.7 Å². The predicted molar refractivity (Wildman–Crippen MR) is 94.6 cm³/mol. The first-order valence-corrected chi connectivity index (χ1v) is 9.61. The molecule has 2 fully saturated rings. The van der Waals surface area contributed by atoms with Gasteiger partial charge in [-0.1, -0.05) is 25.7 Å². The molecule has 138 valence electrons. The van der Waals surface area contributed by atoms with Crippen LogP contribution in [0.4, 0.5) is 0 Å². The molecule has 0 bridgehead atoms.